The summed E-state index contributed by atoms with van der Waals surface area (Å²) in [6.45, 7) is 15.2. The number of aliphatic imine (C=N–C) groups is 1. The Kier molecular flexibility index (Phi) is 10.4. The van der Waals surface area contributed by atoms with E-state index in [2.05, 4.69) is 15.6 Å². The van der Waals surface area contributed by atoms with Crippen LogP contribution in [0.15, 0.2) is 4.99 Å². The lowest BCUT2D eigenvalue weighted by Gasteiger charge is -2.36. The molecule has 1 saturated heterocycles. The van der Waals surface area contributed by atoms with Crippen molar-refractivity contribution in [3.8, 4) is 0 Å². The molecule has 29 heavy (non-hydrogen) atoms. The summed E-state index contributed by atoms with van der Waals surface area (Å²) >= 11 is 0. The van der Waals surface area contributed by atoms with Crippen molar-refractivity contribution in [1.82, 2.24) is 19.8 Å². The van der Waals surface area contributed by atoms with Gasteiger partial charge in [-0.15, -0.1) is 0 Å². The van der Waals surface area contributed by atoms with Gasteiger partial charge in [0.2, 0.25) is 15.9 Å². The van der Waals surface area contributed by atoms with Crippen LogP contribution in [0.5, 0.6) is 0 Å². The normalized spacial score (nSPS) is 16.9. The highest BCUT2D eigenvalue weighted by molar-refractivity contribution is 7.89. The number of rotatable bonds is 10. The second kappa shape index (κ2) is 11.7. The number of nitrogens with one attached hydrogen (secondary N) is 2. The second-order valence-corrected chi connectivity index (χ2v) is 10.1. The number of guanidine groups is 1. The standard InChI is InChI=1S/C19H39N5O4S/c1-7-20-17(25)19(5,6)15-22-18(21-8-2)23-9-11-24(12-10-23)29(26,27)14-13-28-16(3)4/h16H,7-15H2,1-6H3,(H,20,25)(H,21,22). The van der Waals surface area contributed by atoms with Crippen LogP contribution in [-0.2, 0) is 19.6 Å². The van der Waals surface area contributed by atoms with E-state index in [9.17, 15) is 13.2 Å². The predicted octanol–water partition coefficient (Wildman–Crippen LogP) is 0.487. The molecule has 1 fully saturated rings. The highest BCUT2D eigenvalue weighted by Gasteiger charge is 2.30. The van der Waals surface area contributed by atoms with E-state index in [-0.39, 0.29) is 24.4 Å². The number of carbonyl (C=O) groups is 1. The summed E-state index contributed by atoms with van der Waals surface area (Å²) in [5, 5.41) is 6.09. The van der Waals surface area contributed by atoms with E-state index in [0.717, 1.165) is 0 Å². The Morgan fingerprint density at radius 1 is 1.10 bits per heavy atom. The van der Waals surface area contributed by atoms with Crippen LogP contribution in [0.1, 0.15) is 41.5 Å². The van der Waals surface area contributed by atoms with Crippen molar-refractivity contribution in [3.05, 3.63) is 0 Å². The zero-order chi connectivity index (χ0) is 22.1. The number of nitrogens with zero attached hydrogens (tertiary/aromatic N) is 3. The van der Waals surface area contributed by atoms with Gasteiger partial charge >= 0.3 is 0 Å². The smallest absolute Gasteiger partial charge is 0.227 e. The first-order valence-electron chi connectivity index (χ1n) is 10.4. The van der Waals surface area contributed by atoms with Crippen LogP contribution in [0.2, 0.25) is 0 Å². The average Bonchev–Trinajstić information content (AvgIpc) is 2.65. The van der Waals surface area contributed by atoms with Gasteiger partial charge in [-0.3, -0.25) is 9.79 Å². The Morgan fingerprint density at radius 3 is 2.21 bits per heavy atom. The van der Waals surface area contributed by atoms with Crippen molar-refractivity contribution in [2.75, 3.05) is 58.2 Å². The molecule has 0 atom stereocenters. The molecule has 1 aliphatic rings. The molecule has 1 heterocycles. The lowest BCUT2D eigenvalue weighted by atomic mass is 9.92. The summed E-state index contributed by atoms with van der Waals surface area (Å²) in [5.74, 6) is 0.685. The van der Waals surface area contributed by atoms with Gasteiger partial charge in [-0.05, 0) is 41.5 Å². The molecular weight excluding hydrogens is 394 g/mol. The number of hydrogen-bond donors (Lipinski definition) is 2. The minimum atomic E-state index is -3.33. The average molecular weight is 434 g/mol. The molecule has 9 nitrogen and oxygen atoms in total. The number of amides is 1. The Hall–Kier alpha value is -1.39. The molecule has 2 N–H and O–H groups in total. The topological polar surface area (TPSA) is 103 Å². The number of hydrogen-bond acceptors (Lipinski definition) is 5. The fourth-order valence-electron chi connectivity index (χ4n) is 2.87. The van der Waals surface area contributed by atoms with Gasteiger partial charge in [-0.1, -0.05) is 0 Å². The first kappa shape index (κ1) is 25.6. The van der Waals surface area contributed by atoms with Gasteiger partial charge in [-0.2, -0.15) is 4.31 Å². The number of carbonyl (C=O) groups excluding carboxylic acids is 1. The maximum absolute atomic E-state index is 12.5. The summed E-state index contributed by atoms with van der Waals surface area (Å²) in [5.41, 5.74) is -0.613. The fourth-order valence-corrected chi connectivity index (χ4v) is 4.15. The molecule has 0 saturated carbocycles. The van der Waals surface area contributed by atoms with Crippen LogP contribution in [0.3, 0.4) is 0 Å². The Labute approximate surface area is 176 Å². The molecular formula is C19H39N5O4S. The molecule has 0 aromatic heterocycles. The summed E-state index contributed by atoms with van der Waals surface area (Å²) in [6, 6.07) is 0. The maximum atomic E-state index is 12.5. The van der Waals surface area contributed by atoms with E-state index in [0.29, 0.717) is 51.8 Å². The SMILES string of the molecule is CCNC(=O)C(C)(C)CN=C(NCC)N1CCN(S(=O)(=O)CCOC(C)C)CC1. The molecule has 10 heteroatoms. The summed E-state index contributed by atoms with van der Waals surface area (Å²) < 4.78 is 31.9. The van der Waals surface area contributed by atoms with Crippen LogP contribution >= 0.6 is 0 Å². The molecule has 0 aromatic rings. The first-order chi connectivity index (χ1) is 13.5. The minimum absolute atomic E-state index is 0.0000655. The molecule has 1 aliphatic heterocycles. The van der Waals surface area contributed by atoms with Crippen LogP contribution in [0.25, 0.3) is 0 Å². The minimum Gasteiger partial charge on any atom is -0.378 e. The van der Waals surface area contributed by atoms with Crippen molar-refractivity contribution in [3.63, 3.8) is 0 Å². The van der Waals surface area contributed by atoms with E-state index in [1.165, 1.54) is 4.31 Å². The second-order valence-electron chi connectivity index (χ2n) is 8.04. The lowest BCUT2D eigenvalue weighted by Crippen LogP contribution is -2.54. The molecule has 0 bridgehead atoms. The summed E-state index contributed by atoms with van der Waals surface area (Å²) in [6.07, 6.45) is 0.0181. The quantitative estimate of drug-likeness (QED) is 0.384. The van der Waals surface area contributed by atoms with Crippen molar-refractivity contribution in [2.45, 2.75) is 47.6 Å². The third-order valence-corrected chi connectivity index (χ3v) is 6.47. The van der Waals surface area contributed by atoms with Gasteiger partial charge in [0.05, 0.1) is 30.4 Å². The zero-order valence-corrected chi connectivity index (χ0v) is 19.6. The highest BCUT2D eigenvalue weighted by atomic mass is 32.2. The molecule has 170 valence electrons. The molecule has 1 amide bonds. The molecule has 0 aromatic carbocycles. The highest BCUT2D eigenvalue weighted by Crippen LogP contribution is 2.16. The largest absolute Gasteiger partial charge is 0.378 e. The van der Waals surface area contributed by atoms with Gasteiger partial charge < -0.3 is 20.3 Å². The van der Waals surface area contributed by atoms with Crippen molar-refractivity contribution in [2.24, 2.45) is 10.4 Å². The van der Waals surface area contributed by atoms with E-state index in [1.54, 1.807) is 0 Å². The van der Waals surface area contributed by atoms with E-state index >= 15 is 0 Å². The first-order valence-corrected chi connectivity index (χ1v) is 12.1. The van der Waals surface area contributed by atoms with Gasteiger partial charge in [0.25, 0.3) is 0 Å². The Balaban J connectivity index is 2.69. The summed E-state index contributed by atoms with van der Waals surface area (Å²) in [4.78, 5) is 18.9. The van der Waals surface area contributed by atoms with E-state index in [1.807, 2.05) is 46.4 Å². The molecule has 0 aliphatic carbocycles. The third-order valence-electron chi connectivity index (χ3n) is 4.64. The molecule has 1 rings (SSSR count). The molecule has 0 radical (unpaired) electrons. The number of ether oxygens (including phenoxy) is 1. The van der Waals surface area contributed by atoms with Crippen LogP contribution < -0.4 is 10.6 Å². The third kappa shape index (κ3) is 8.47. The number of piperazine rings is 1. The number of sulfonamides is 1. The molecule has 0 spiro atoms. The van der Waals surface area contributed by atoms with Crippen molar-refractivity contribution < 1.29 is 17.9 Å². The lowest BCUT2D eigenvalue weighted by molar-refractivity contribution is -0.128. The zero-order valence-electron chi connectivity index (χ0n) is 18.8. The van der Waals surface area contributed by atoms with Crippen molar-refractivity contribution in [1.29, 1.82) is 0 Å². The Morgan fingerprint density at radius 2 is 1.69 bits per heavy atom. The van der Waals surface area contributed by atoms with Gasteiger partial charge in [-0.25, -0.2) is 8.42 Å². The fraction of sp³-hybridized carbons (Fsp3) is 0.895. The van der Waals surface area contributed by atoms with E-state index < -0.39 is 15.4 Å². The Bertz CT molecular complexity index is 641. The van der Waals surface area contributed by atoms with Gasteiger partial charge in [0.1, 0.15) is 0 Å². The maximum Gasteiger partial charge on any atom is 0.227 e. The van der Waals surface area contributed by atoms with Crippen LogP contribution in [0, 0.1) is 5.41 Å². The van der Waals surface area contributed by atoms with Crippen LogP contribution in [0.4, 0.5) is 0 Å². The van der Waals surface area contributed by atoms with E-state index in [4.69, 9.17) is 4.74 Å². The monoisotopic (exact) mass is 433 g/mol. The molecule has 0 unspecified atom stereocenters. The van der Waals surface area contributed by atoms with Gasteiger partial charge in [0.15, 0.2) is 5.96 Å². The van der Waals surface area contributed by atoms with Crippen molar-refractivity contribution >= 4 is 21.9 Å². The summed E-state index contributed by atoms with van der Waals surface area (Å²) in [7, 11) is -3.33. The predicted molar refractivity (Wildman–Crippen MR) is 116 cm³/mol. The van der Waals surface area contributed by atoms with Crippen LogP contribution in [-0.4, -0.2) is 93.8 Å². The van der Waals surface area contributed by atoms with Gasteiger partial charge in [0, 0.05) is 39.3 Å².